The van der Waals surface area contributed by atoms with Crippen LogP contribution in [0.2, 0.25) is 0 Å². The first-order valence-electron chi connectivity index (χ1n) is 5.92. The van der Waals surface area contributed by atoms with Crippen LogP contribution in [-0.4, -0.2) is 41.8 Å². The number of oxime groups is 1. The zero-order valence-electron chi connectivity index (χ0n) is 11.2. The molecule has 0 spiro atoms. The highest BCUT2D eigenvalue weighted by Gasteiger charge is 2.29. The molecule has 9 heteroatoms. The Labute approximate surface area is 117 Å². The van der Waals surface area contributed by atoms with E-state index >= 15 is 0 Å². The number of hydrogen-bond donors (Lipinski definition) is 2. The molecule has 0 radical (unpaired) electrons. The summed E-state index contributed by atoms with van der Waals surface area (Å²) in [5.41, 5.74) is 5.42. The van der Waals surface area contributed by atoms with Gasteiger partial charge in [0.05, 0.1) is 0 Å². The zero-order chi connectivity index (χ0) is 15.3. The lowest BCUT2D eigenvalue weighted by atomic mass is 10.1. The van der Waals surface area contributed by atoms with Gasteiger partial charge in [0, 0.05) is 25.2 Å². The fraction of sp³-hybridized carbons (Fsp3) is 0.455. The molecule has 0 bridgehead atoms. The molecule has 0 aliphatic heterocycles. The molecule has 0 amide bonds. The van der Waals surface area contributed by atoms with Gasteiger partial charge in [0.2, 0.25) is 5.03 Å². The first-order chi connectivity index (χ1) is 9.34. The Balaban J connectivity index is 3.09. The van der Waals surface area contributed by atoms with Gasteiger partial charge >= 0.3 is 0 Å². The van der Waals surface area contributed by atoms with Crippen molar-refractivity contribution in [2.75, 3.05) is 13.1 Å². The van der Waals surface area contributed by atoms with Crippen LogP contribution in [0.4, 0.5) is 4.39 Å². The highest BCUT2D eigenvalue weighted by atomic mass is 32.2. The van der Waals surface area contributed by atoms with E-state index in [4.69, 9.17) is 10.9 Å². The van der Waals surface area contributed by atoms with E-state index in [1.54, 1.807) is 13.8 Å². The normalized spacial score (nSPS) is 14.5. The van der Waals surface area contributed by atoms with Crippen LogP contribution in [0.15, 0.2) is 28.5 Å². The standard InChI is InChI=1S/C11H17FN4O3S/c1-3-16(7-8(2)10(13)15-17)20(18,19)11-9(12)5-4-6-14-11/h4-6,8,17H,3,7H2,1-2H3,(H2,13,15). The van der Waals surface area contributed by atoms with Crippen LogP contribution in [0.25, 0.3) is 0 Å². The monoisotopic (exact) mass is 304 g/mol. The van der Waals surface area contributed by atoms with Crippen molar-refractivity contribution in [3.05, 3.63) is 24.1 Å². The maximum absolute atomic E-state index is 13.6. The van der Waals surface area contributed by atoms with Crippen LogP contribution < -0.4 is 5.73 Å². The van der Waals surface area contributed by atoms with Gasteiger partial charge in [0.1, 0.15) is 5.84 Å². The summed E-state index contributed by atoms with van der Waals surface area (Å²) in [5.74, 6) is -1.52. The van der Waals surface area contributed by atoms with E-state index in [-0.39, 0.29) is 18.9 Å². The second-order valence-electron chi connectivity index (χ2n) is 4.17. The second kappa shape index (κ2) is 6.62. The topological polar surface area (TPSA) is 109 Å². The van der Waals surface area contributed by atoms with E-state index in [1.807, 2.05) is 0 Å². The SMILES string of the molecule is CCN(CC(C)/C(N)=N/O)S(=O)(=O)c1ncccc1F. The fourth-order valence-corrected chi connectivity index (χ4v) is 3.09. The van der Waals surface area contributed by atoms with Crippen LogP contribution in [0.5, 0.6) is 0 Å². The van der Waals surface area contributed by atoms with Crippen LogP contribution in [-0.2, 0) is 10.0 Å². The summed E-state index contributed by atoms with van der Waals surface area (Å²) in [5, 5.41) is 10.8. The Bertz CT molecular complexity index is 591. The first-order valence-corrected chi connectivity index (χ1v) is 7.36. The van der Waals surface area contributed by atoms with Gasteiger partial charge in [-0.15, -0.1) is 0 Å². The number of halogens is 1. The fourth-order valence-electron chi connectivity index (χ4n) is 1.58. The number of nitrogens with two attached hydrogens (primary N) is 1. The molecule has 0 aromatic carbocycles. The molecule has 1 atom stereocenters. The molecule has 0 aliphatic carbocycles. The predicted octanol–water partition coefficient (Wildman–Crippen LogP) is 0.614. The summed E-state index contributed by atoms with van der Waals surface area (Å²) >= 11 is 0. The van der Waals surface area contributed by atoms with Crippen molar-refractivity contribution >= 4 is 15.9 Å². The van der Waals surface area contributed by atoms with Gasteiger partial charge in [-0.1, -0.05) is 19.0 Å². The van der Waals surface area contributed by atoms with Gasteiger partial charge in [-0.3, -0.25) is 0 Å². The van der Waals surface area contributed by atoms with E-state index in [0.29, 0.717) is 0 Å². The van der Waals surface area contributed by atoms with Crippen LogP contribution >= 0.6 is 0 Å². The molecule has 7 nitrogen and oxygen atoms in total. The van der Waals surface area contributed by atoms with Gasteiger partial charge < -0.3 is 10.9 Å². The van der Waals surface area contributed by atoms with Crippen molar-refractivity contribution in [1.29, 1.82) is 0 Å². The molecule has 0 fully saturated rings. The van der Waals surface area contributed by atoms with Gasteiger partial charge in [-0.2, -0.15) is 4.31 Å². The van der Waals surface area contributed by atoms with Crippen LogP contribution in [0.3, 0.4) is 0 Å². The minimum Gasteiger partial charge on any atom is -0.409 e. The zero-order valence-corrected chi connectivity index (χ0v) is 12.0. The molecule has 3 N–H and O–H groups in total. The van der Waals surface area contributed by atoms with E-state index in [1.165, 1.54) is 12.3 Å². The highest BCUT2D eigenvalue weighted by Crippen LogP contribution is 2.17. The van der Waals surface area contributed by atoms with E-state index in [0.717, 1.165) is 10.4 Å². The maximum atomic E-state index is 13.6. The number of aromatic nitrogens is 1. The Morgan fingerprint density at radius 3 is 2.80 bits per heavy atom. The maximum Gasteiger partial charge on any atom is 0.263 e. The highest BCUT2D eigenvalue weighted by molar-refractivity contribution is 7.89. The third kappa shape index (κ3) is 3.42. The van der Waals surface area contributed by atoms with Crippen molar-refractivity contribution in [3.8, 4) is 0 Å². The van der Waals surface area contributed by atoms with E-state index in [9.17, 15) is 12.8 Å². The van der Waals surface area contributed by atoms with Crippen molar-refractivity contribution in [1.82, 2.24) is 9.29 Å². The average molecular weight is 304 g/mol. The largest absolute Gasteiger partial charge is 0.409 e. The Hall–Kier alpha value is -1.74. The lowest BCUT2D eigenvalue weighted by Crippen LogP contribution is -2.39. The second-order valence-corrected chi connectivity index (χ2v) is 6.03. The summed E-state index contributed by atoms with van der Waals surface area (Å²) in [7, 11) is -4.06. The summed E-state index contributed by atoms with van der Waals surface area (Å²) < 4.78 is 39.2. The third-order valence-corrected chi connectivity index (χ3v) is 4.64. The van der Waals surface area contributed by atoms with Crippen LogP contribution in [0.1, 0.15) is 13.8 Å². The number of pyridine rings is 1. The number of nitrogens with zero attached hydrogens (tertiary/aromatic N) is 3. The minimum absolute atomic E-state index is 0.0370. The van der Waals surface area contributed by atoms with Crippen molar-refractivity contribution < 1.29 is 18.0 Å². The van der Waals surface area contributed by atoms with Crippen molar-refractivity contribution in [2.24, 2.45) is 16.8 Å². The van der Waals surface area contributed by atoms with Crippen molar-refractivity contribution in [3.63, 3.8) is 0 Å². The summed E-state index contributed by atoms with van der Waals surface area (Å²) in [4.78, 5) is 3.58. The lowest BCUT2D eigenvalue weighted by molar-refractivity contribution is 0.311. The van der Waals surface area contributed by atoms with E-state index in [2.05, 4.69) is 10.1 Å². The Kier molecular flexibility index (Phi) is 5.40. The smallest absolute Gasteiger partial charge is 0.263 e. The number of rotatable bonds is 6. The molecular formula is C11H17FN4O3S. The number of hydrogen-bond acceptors (Lipinski definition) is 5. The molecule has 1 aromatic heterocycles. The minimum atomic E-state index is -4.06. The van der Waals surface area contributed by atoms with E-state index < -0.39 is 26.8 Å². The quantitative estimate of drug-likeness (QED) is 0.346. The molecule has 0 aliphatic rings. The van der Waals surface area contributed by atoms with Gasteiger partial charge in [-0.05, 0) is 12.1 Å². The summed E-state index contributed by atoms with van der Waals surface area (Å²) in [6.07, 6.45) is 1.21. The van der Waals surface area contributed by atoms with Crippen LogP contribution in [0, 0.1) is 11.7 Å². The molecular weight excluding hydrogens is 287 g/mol. The first kappa shape index (κ1) is 16.3. The Morgan fingerprint density at radius 1 is 1.65 bits per heavy atom. The third-order valence-electron chi connectivity index (χ3n) is 2.76. The molecule has 1 heterocycles. The molecule has 20 heavy (non-hydrogen) atoms. The number of amidine groups is 1. The lowest BCUT2D eigenvalue weighted by Gasteiger charge is -2.23. The summed E-state index contributed by atoms with van der Waals surface area (Å²) in [6, 6.07) is 2.34. The molecule has 1 rings (SSSR count). The van der Waals surface area contributed by atoms with Gasteiger partial charge in [-0.25, -0.2) is 17.8 Å². The molecule has 0 saturated heterocycles. The van der Waals surface area contributed by atoms with Gasteiger partial charge in [0.25, 0.3) is 10.0 Å². The Morgan fingerprint density at radius 2 is 2.30 bits per heavy atom. The molecule has 1 unspecified atom stereocenters. The van der Waals surface area contributed by atoms with Crippen molar-refractivity contribution in [2.45, 2.75) is 18.9 Å². The molecule has 0 saturated carbocycles. The van der Waals surface area contributed by atoms with Gasteiger partial charge in [0.15, 0.2) is 5.82 Å². The number of sulfonamides is 1. The molecule has 112 valence electrons. The molecule has 1 aromatic rings. The average Bonchev–Trinajstić information content (AvgIpc) is 2.43. The summed E-state index contributed by atoms with van der Waals surface area (Å²) in [6.45, 7) is 3.28. The predicted molar refractivity (Wildman–Crippen MR) is 71.2 cm³/mol.